The molecule has 3 aromatic rings. The van der Waals surface area contributed by atoms with Gasteiger partial charge in [-0.25, -0.2) is 4.98 Å². The van der Waals surface area contributed by atoms with Gasteiger partial charge in [0, 0.05) is 31.9 Å². The minimum absolute atomic E-state index is 0. The minimum atomic E-state index is -1.25. The second-order valence-corrected chi connectivity index (χ2v) is 3.82. The number of aromatic nitrogens is 6. The fourth-order valence-electron chi connectivity index (χ4n) is 1.20. The van der Waals surface area contributed by atoms with Crippen LogP contribution in [0.3, 0.4) is 0 Å². The predicted octanol–water partition coefficient (Wildman–Crippen LogP) is 0.0724. The van der Waals surface area contributed by atoms with E-state index in [0.29, 0.717) is 5.82 Å². The van der Waals surface area contributed by atoms with Crippen LogP contribution in [0.25, 0.3) is 0 Å². The first-order valence-corrected chi connectivity index (χ1v) is 6.02. The van der Waals surface area contributed by atoms with Gasteiger partial charge in [-0.2, -0.15) is 0 Å². The van der Waals surface area contributed by atoms with Crippen LogP contribution in [-0.2, 0) is 39.0 Å². The van der Waals surface area contributed by atoms with Crippen molar-refractivity contribution in [2.45, 2.75) is 20.8 Å². The van der Waals surface area contributed by atoms with E-state index < -0.39 is 6.09 Å². The molecule has 23 heavy (non-hydrogen) atoms. The minimum Gasteiger partial charge on any atom is -0.529 e. The molecule has 10 heteroatoms. The Labute approximate surface area is 159 Å². The Bertz CT molecular complexity index is 605. The Hall–Kier alpha value is -1.65. The van der Waals surface area contributed by atoms with Gasteiger partial charge >= 0.3 is 19.5 Å². The number of imidazole rings is 3. The summed E-state index contributed by atoms with van der Waals surface area (Å²) in [5.41, 5.74) is 0. The van der Waals surface area contributed by atoms with Crippen LogP contribution in [0.4, 0.5) is 4.79 Å². The summed E-state index contributed by atoms with van der Waals surface area (Å²) in [6.07, 6.45) is 8.20. The van der Waals surface area contributed by atoms with Crippen molar-refractivity contribution in [3.8, 4) is 0 Å². The standard InChI is InChI=1S/C5H6N2O2.2C4H5N2.2Zn/c1-4-6-2-3-7(4)5(8)9;2*1-4-5-2-3-6-4;;/h2-3H,1H3,(H,8,9);2*2-3H,1H3;;/q;2*-1;;+2/p-1. The van der Waals surface area contributed by atoms with E-state index in [0.717, 1.165) is 16.2 Å². The molecule has 0 spiro atoms. The number of carbonyl (C=O) groups is 1. The number of hydrogen-bond acceptors (Lipinski definition) is 5. The second-order valence-electron chi connectivity index (χ2n) is 3.82. The molecule has 8 nitrogen and oxygen atoms in total. The van der Waals surface area contributed by atoms with Gasteiger partial charge in [-0.1, -0.05) is 36.4 Å². The van der Waals surface area contributed by atoms with Crippen molar-refractivity contribution in [1.82, 2.24) is 29.5 Å². The molecule has 0 amide bonds. The average molecular weight is 418 g/mol. The Kier molecular flexibility index (Phi) is 13.2. The van der Waals surface area contributed by atoms with Gasteiger partial charge in [-0.3, -0.25) is 4.57 Å². The summed E-state index contributed by atoms with van der Waals surface area (Å²) in [5.74, 6) is 2.11. The largest absolute Gasteiger partial charge is 2.00 e. The van der Waals surface area contributed by atoms with Gasteiger partial charge in [-0.15, -0.1) is 0 Å². The molecule has 0 aliphatic carbocycles. The van der Waals surface area contributed by atoms with E-state index in [1.807, 2.05) is 13.8 Å². The van der Waals surface area contributed by atoms with Gasteiger partial charge in [-0.05, 0) is 20.8 Å². The molecule has 0 aromatic carbocycles. The van der Waals surface area contributed by atoms with Gasteiger partial charge in [0.15, 0.2) is 0 Å². The molecule has 3 aromatic heterocycles. The van der Waals surface area contributed by atoms with Crippen molar-refractivity contribution >= 4 is 6.09 Å². The monoisotopic (exact) mass is 415 g/mol. The van der Waals surface area contributed by atoms with Crippen LogP contribution in [0.15, 0.2) is 37.2 Å². The van der Waals surface area contributed by atoms with E-state index in [1.54, 1.807) is 31.7 Å². The van der Waals surface area contributed by atoms with Crippen LogP contribution in [0.5, 0.6) is 0 Å². The fourth-order valence-corrected chi connectivity index (χ4v) is 1.20. The maximum atomic E-state index is 10.1. The molecular formula is C13H15N6O2Zn2-. The molecule has 0 aliphatic heterocycles. The molecule has 0 atom stereocenters. The van der Waals surface area contributed by atoms with Crippen molar-refractivity contribution in [2.75, 3.05) is 0 Å². The summed E-state index contributed by atoms with van der Waals surface area (Å²) in [6.45, 7) is 5.32. The smallest absolute Gasteiger partial charge is 0.529 e. The molecule has 0 unspecified atom stereocenters. The molecule has 0 bridgehead atoms. The number of aryl methyl sites for hydroxylation is 3. The van der Waals surface area contributed by atoms with Crippen LogP contribution in [0, 0.1) is 20.8 Å². The maximum absolute atomic E-state index is 10.1. The van der Waals surface area contributed by atoms with Crippen molar-refractivity contribution < 1.29 is 48.9 Å². The average Bonchev–Trinajstić information content (AvgIpc) is 3.15. The van der Waals surface area contributed by atoms with Crippen molar-refractivity contribution in [2.24, 2.45) is 0 Å². The molecule has 114 valence electrons. The molecule has 0 saturated heterocycles. The van der Waals surface area contributed by atoms with Crippen LogP contribution in [0.1, 0.15) is 17.5 Å². The third kappa shape index (κ3) is 9.87. The third-order valence-corrected chi connectivity index (χ3v) is 2.20. The molecular weight excluding hydrogens is 403 g/mol. The van der Waals surface area contributed by atoms with Crippen LogP contribution >= 0.6 is 0 Å². The van der Waals surface area contributed by atoms with Crippen LogP contribution < -0.4 is 15.1 Å². The van der Waals surface area contributed by atoms with E-state index in [9.17, 15) is 9.90 Å². The zero-order valence-electron chi connectivity index (χ0n) is 13.4. The quantitative estimate of drug-likeness (QED) is 0.475. The van der Waals surface area contributed by atoms with Gasteiger partial charge in [0.05, 0.1) is 0 Å². The summed E-state index contributed by atoms with van der Waals surface area (Å²) in [6, 6.07) is 0. The van der Waals surface area contributed by atoms with Gasteiger partial charge in [0.25, 0.3) is 0 Å². The normalized spacial score (nSPS) is 8.30. The molecule has 0 aliphatic rings. The van der Waals surface area contributed by atoms with E-state index >= 15 is 0 Å². The first-order chi connectivity index (χ1) is 10.0. The van der Waals surface area contributed by atoms with Crippen LogP contribution in [-0.4, -0.2) is 25.6 Å². The molecule has 0 radical (unpaired) electrons. The van der Waals surface area contributed by atoms with Crippen LogP contribution in [0.2, 0.25) is 0 Å². The Morgan fingerprint density at radius 3 is 1.61 bits per heavy atom. The van der Waals surface area contributed by atoms with Crippen molar-refractivity contribution in [1.29, 1.82) is 0 Å². The number of nitrogens with zero attached hydrogens (tertiary/aromatic N) is 6. The predicted molar refractivity (Wildman–Crippen MR) is 72.3 cm³/mol. The number of carboxylic acid groups (broad SMARTS) is 1. The molecule has 0 N–H and O–H groups in total. The van der Waals surface area contributed by atoms with Gasteiger partial charge < -0.3 is 29.8 Å². The number of rotatable bonds is 0. The molecule has 0 saturated carbocycles. The van der Waals surface area contributed by atoms with E-state index in [-0.39, 0.29) is 39.0 Å². The summed E-state index contributed by atoms with van der Waals surface area (Å²) >= 11 is 0. The summed E-state index contributed by atoms with van der Waals surface area (Å²) in [5, 5.41) is 10.1. The second kappa shape index (κ2) is 12.8. The van der Waals surface area contributed by atoms with E-state index in [1.165, 1.54) is 12.4 Å². The first-order valence-electron chi connectivity index (χ1n) is 6.02. The zero-order chi connectivity index (χ0) is 15.7. The Balaban J connectivity index is 0. The number of hydrogen-bond donors (Lipinski definition) is 0. The molecule has 3 rings (SSSR count). The molecule has 0 fully saturated rings. The zero-order valence-corrected chi connectivity index (χ0v) is 19.3. The third-order valence-electron chi connectivity index (χ3n) is 2.20. The summed E-state index contributed by atoms with van der Waals surface area (Å²) in [7, 11) is 0. The van der Waals surface area contributed by atoms with Crippen molar-refractivity contribution in [3.05, 3.63) is 54.7 Å². The van der Waals surface area contributed by atoms with E-state index in [4.69, 9.17) is 0 Å². The summed E-state index contributed by atoms with van der Waals surface area (Å²) < 4.78 is 0.944. The summed E-state index contributed by atoms with van der Waals surface area (Å²) in [4.78, 5) is 29.0. The molecule has 3 heterocycles. The Morgan fingerprint density at radius 2 is 1.48 bits per heavy atom. The van der Waals surface area contributed by atoms with Gasteiger partial charge in [0.1, 0.15) is 11.9 Å². The maximum Gasteiger partial charge on any atom is 2.00 e. The van der Waals surface area contributed by atoms with Crippen molar-refractivity contribution in [3.63, 3.8) is 0 Å². The first kappa shape index (κ1) is 23.6. The van der Waals surface area contributed by atoms with Gasteiger partial charge in [0.2, 0.25) is 0 Å². The van der Waals surface area contributed by atoms with E-state index in [2.05, 4.69) is 24.9 Å². The SMILES string of the molecule is Cc1ncc[n-]1.Cc1ncc[n-]1.Cc1nccn1C(=O)[O-].[Zn+2].[Zn]. The topological polar surface area (TPSA) is 112 Å². The fraction of sp³-hybridized carbons (Fsp3) is 0.231. The number of carbonyl (C=O) groups excluding carboxylic acids is 1. The Morgan fingerprint density at radius 1 is 1.00 bits per heavy atom.